The summed E-state index contributed by atoms with van der Waals surface area (Å²) in [6.07, 6.45) is 1.95. The molecule has 0 aliphatic rings. The van der Waals surface area contributed by atoms with Gasteiger partial charge in [0.25, 0.3) is 0 Å². The quantitative estimate of drug-likeness (QED) is 0.103. The summed E-state index contributed by atoms with van der Waals surface area (Å²) in [5.41, 5.74) is 1.85. The summed E-state index contributed by atoms with van der Waals surface area (Å²) in [5, 5.41) is 30.8. The van der Waals surface area contributed by atoms with E-state index in [-0.39, 0.29) is 34.2 Å². The molecule has 252 valence electrons. The van der Waals surface area contributed by atoms with E-state index in [1.165, 1.54) is 71.7 Å². The number of hydrogen-bond donors (Lipinski definition) is 7. The van der Waals surface area contributed by atoms with Gasteiger partial charge in [0.1, 0.15) is 18.1 Å². The third kappa shape index (κ3) is 8.93. The van der Waals surface area contributed by atoms with E-state index in [0.717, 1.165) is 6.26 Å². The lowest BCUT2D eigenvalue weighted by molar-refractivity contribution is -0.137. The van der Waals surface area contributed by atoms with Crippen LogP contribution < -0.4 is 26.0 Å². The zero-order valence-electron chi connectivity index (χ0n) is 25.1. The van der Waals surface area contributed by atoms with E-state index >= 15 is 0 Å². The molecule has 7 N–H and O–H groups in total. The van der Waals surface area contributed by atoms with Crippen LogP contribution in [0.4, 0.5) is 21.9 Å². The SMILES string of the molecule is CS(=O)(=O)NC(=O)Nc1ccc(C[C@H](NC(=O)C(=O)Nc2cc(Cl)ccc2-n2cnnn2)C(=O)Nc2ccc3[nH]c(C(=O)O)cc3c2)cc1. The highest BCUT2D eigenvalue weighted by Crippen LogP contribution is 2.24. The summed E-state index contributed by atoms with van der Waals surface area (Å²) < 4.78 is 25.6. The first-order valence-electron chi connectivity index (χ1n) is 13.9. The molecule has 5 amide bonds. The maximum Gasteiger partial charge on any atom is 0.352 e. The van der Waals surface area contributed by atoms with Crippen LogP contribution in [-0.4, -0.2) is 80.7 Å². The number of halogens is 1. The van der Waals surface area contributed by atoms with Crippen LogP contribution in [0, 0.1) is 0 Å². The van der Waals surface area contributed by atoms with Crippen LogP contribution in [0.1, 0.15) is 16.1 Å². The molecule has 2 heterocycles. The van der Waals surface area contributed by atoms with Gasteiger partial charge in [0.2, 0.25) is 15.9 Å². The molecule has 49 heavy (non-hydrogen) atoms. The molecular formula is C29H25ClN10O8S. The molecule has 0 unspecified atom stereocenters. The number of nitrogens with one attached hydrogen (secondary N) is 6. The minimum Gasteiger partial charge on any atom is -0.477 e. The zero-order valence-corrected chi connectivity index (χ0v) is 26.7. The normalized spacial score (nSPS) is 11.7. The number of hydrogen-bond acceptors (Lipinski definition) is 10. The minimum absolute atomic E-state index is 0.0516. The second kappa shape index (κ2) is 14.2. The van der Waals surface area contributed by atoms with Gasteiger partial charge in [-0.3, -0.25) is 14.4 Å². The molecule has 2 aromatic heterocycles. The number of benzene rings is 3. The molecule has 0 bridgehead atoms. The molecule has 0 aliphatic carbocycles. The highest BCUT2D eigenvalue weighted by atomic mass is 35.5. The van der Waals surface area contributed by atoms with E-state index in [9.17, 15) is 37.5 Å². The van der Waals surface area contributed by atoms with Crippen molar-refractivity contribution >= 4 is 79.3 Å². The van der Waals surface area contributed by atoms with Crippen LogP contribution in [0.3, 0.4) is 0 Å². The van der Waals surface area contributed by atoms with Gasteiger partial charge in [0, 0.05) is 33.7 Å². The summed E-state index contributed by atoms with van der Waals surface area (Å²) in [4.78, 5) is 65.8. The van der Waals surface area contributed by atoms with E-state index in [0.29, 0.717) is 22.2 Å². The number of carboxylic acid groups (broad SMARTS) is 1. The number of aromatic carboxylic acids is 1. The molecule has 3 aromatic carbocycles. The monoisotopic (exact) mass is 708 g/mol. The first-order valence-corrected chi connectivity index (χ1v) is 16.2. The molecule has 18 nitrogen and oxygen atoms in total. The third-order valence-electron chi connectivity index (χ3n) is 6.68. The number of anilines is 3. The Morgan fingerprint density at radius 3 is 2.33 bits per heavy atom. The molecule has 5 rings (SSSR count). The van der Waals surface area contributed by atoms with Crippen molar-refractivity contribution < 1.29 is 37.5 Å². The van der Waals surface area contributed by atoms with Crippen LogP contribution in [0.5, 0.6) is 0 Å². The van der Waals surface area contributed by atoms with Crippen LogP contribution >= 0.6 is 11.6 Å². The van der Waals surface area contributed by atoms with Gasteiger partial charge in [-0.2, -0.15) is 4.68 Å². The minimum atomic E-state index is -3.80. The predicted molar refractivity (Wildman–Crippen MR) is 176 cm³/mol. The highest BCUT2D eigenvalue weighted by Gasteiger charge is 2.26. The summed E-state index contributed by atoms with van der Waals surface area (Å²) in [6.45, 7) is 0. The molecule has 0 spiro atoms. The van der Waals surface area contributed by atoms with E-state index in [1.807, 2.05) is 0 Å². The Kier molecular flexibility index (Phi) is 9.85. The second-order valence-corrected chi connectivity index (χ2v) is 12.6. The number of sulfonamides is 1. The number of carbonyl (C=O) groups excluding carboxylic acids is 4. The smallest absolute Gasteiger partial charge is 0.352 e. The lowest BCUT2D eigenvalue weighted by Crippen LogP contribution is -2.49. The summed E-state index contributed by atoms with van der Waals surface area (Å²) >= 11 is 6.10. The van der Waals surface area contributed by atoms with Gasteiger partial charge in [0.15, 0.2) is 0 Å². The van der Waals surface area contributed by atoms with Crippen molar-refractivity contribution in [3.63, 3.8) is 0 Å². The predicted octanol–water partition coefficient (Wildman–Crippen LogP) is 1.88. The van der Waals surface area contributed by atoms with Crippen molar-refractivity contribution in [2.24, 2.45) is 0 Å². The number of fused-ring (bicyclic) bond motifs is 1. The first kappa shape index (κ1) is 34.0. The summed E-state index contributed by atoms with van der Waals surface area (Å²) in [5.74, 6) is -4.20. The molecule has 0 radical (unpaired) electrons. The van der Waals surface area contributed by atoms with E-state index in [2.05, 4.69) is 41.8 Å². The van der Waals surface area contributed by atoms with E-state index in [1.54, 1.807) is 10.8 Å². The van der Waals surface area contributed by atoms with E-state index < -0.39 is 45.8 Å². The van der Waals surface area contributed by atoms with Gasteiger partial charge in [-0.05, 0) is 70.6 Å². The Morgan fingerprint density at radius 1 is 0.918 bits per heavy atom. The van der Waals surface area contributed by atoms with Gasteiger partial charge in [-0.25, -0.2) is 22.7 Å². The number of tetrazole rings is 1. The molecular weight excluding hydrogens is 684 g/mol. The Balaban J connectivity index is 1.35. The fourth-order valence-electron chi connectivity index (χ4n) is 4.53. The summed E-state index contributed by atoms with van der Waals surface area (Å²) in [6, 6.07) is 14.1. The second-order valence-electron chi connectivity index (χ2n) is 10.4. The number of aromatic nitrogens is 5. The zero-order chi connectivity index (χ0) is 35.3. The molecule has 0 saturated heterocycles. The molecule has 5 aromatic rings. The van der Waals surface area contributed by atoms with Crippen LogP contribution in [-0.2, 0) is 30.8 Å². The standard InChI is InChI=1S/C29H25ClN10O8S/c1-49(47,48)37-29(46)33-18-5-2-15(3-6-18)10-22(25(41)32-19-7-8-20-16(11-19)12-23(34-20)28(44)45)36-27(43)26(42)35-21-13-17(30)4-9-24(21)40-14-31-38-39-40/h2-9,11-14,22,34H,10H2,1H3,(H,32,41)(H,35,42)(H,36,43)(H,44,45)(H2,33,37,46)/t22-/m0/s1. The number of carboxylic acids is 1. The van der Waals surface area contributed by atoms with Gasteiger partial charge >= 0.3 is 23.8 Å². The maximum absolute atomic E-state index is 13.6. The van der Waals surface area contributed by atoms with Crippen molar-refractivity contribution in [3.8, 4) is 5.69 Å². The Labute approximate surface area is 281 Å². The van der Waals surface area contributed by atoms with Crippen molar-refractivity contribution in [2.75, 3.05) is 22.2 Å². The fourth-order valence-corrected chi connectivity index (χ4v) is 5.09. The van der Waals surface area contributed by atoms with Gasteiger partial charge < -0.3 is 31.4 Å². The lowest BCUT2D eigenvalue weighted by atomic mass is 10.0. The number of rotatable bonds is 10. The number of nitrogens with zero attached hydrogens (tertiary/aromatic N) is 4. The van der Waals surface area contributed by atoms with Crippen LogP contribution in [0.25, 0.3) is 16.6 Å². The van der Waals surface area contributed by atoms with Crippen molar-refractivity contribution in [2.45, 2.75) is 12.5 Å². The third-order valence-corrected chi connectivity index (χ3v) is 7.47. The number of H-pyrrole nitrogens is 1. The Bertz CT molecular complexity index is 2190. The summed E-state index contributed by atoms with van der Waals surface area (Å²) in [7, 11) is -3.80. The lowest BCUT2D eigenvalue weighted by Gasteiger charge is -2.19. The average molecular weight is 709 g/mol. The van der Waals surface area contributed by atoms with Crippen molar-refractivity contribution in [1.29, 1.82) is 0 Å². The molecule has 20 heteroatoms. The number of urea groups is 1. The number of amides is 5. The van der Waals surface area contributed by atoms with Crippen LogP contribution in [0.2, 0.25) is 5.02 Å². The van der Waals surface area contributed by atoms with Crippen LogP contribution in [0.15, 0.2) is 73.1 Å². The van der Waals surface area contributed by atoms with Gasteiger partial charge in [-0.15, -0.1) is 5.10 Å². The van der Waals surface area contributed by atoms with Crippen molar-refractivity contribution in [1.82, 2.24) is 35.2 Å². The average Bonchev–Trinajstić information content (AvgIpc) is 3.71. The highest BCUT2D eigenvalue weighted by molar-refractivity contribution is 7.89. The topological polar surface area (TPSA) is 259 Å². The molecule has 0 saturated carbocycles. The fraction of sp³-hybridized carbons (Fsp3) is 0.103. The maximum atomic E-state index is 13.6. The Morgan fingerprint density at radius 2 is 1.65 bits per heavy atom. The van der Waals surface area contributed by atoms with E-state index in [4.69, 9.17) is 11.6 Å². The van der Waals surface area contributed by atoms with Crippen molar-refractivity contribution in [3.05, 3.63) is 89.3 Å². The molecule has 1 atom stereocenters. The molecule has 0 aliphatic heterocycles. The number of aromatic amines is 1. The van der Waals surface area contributed by atoms with Gasteiger partial charge in [-0.1, -0.05) is 23.7 Å². The van der Waals surface area contributed by atoms with Gasteiger partial charge in [0.05, 0.1) is 17.6 Å². The molecule has 0 fully saturated rings. The largest absolute Gasteiger partial charge is 0.477 e. The first-order chi connectivity index (χ1) is 23.2. The Hall–Kier alpha value is -6.34. The number of carbonyl (C=O) groups is 5.